The third kappa shape index (κ3) is 2.48. The molecule has 2 aromatic carbocycles. The number of aromatic nitrogens is 2. The van der Waals surface area contributed by atoms with Gasteiger partial charge >= 0.3 is 0 Å². The maximum atomic E-state index is 8.83. The first-order valence-corrected chi connectivity index (χ1v) is 12.2. The number of hydrogen-bond acceptors (Lipinski definition) is 0. The monoisotopic (exact) mass is 414 g/mol. The maximum Gasteiger partial charge on any atom is 0.259 e. The van der Waals surface area contributed by atoms with Crippen molar-refractivity contribution in [2.75, 3.05) is 0 Å². The lowest BCUT2D eigenvalue weighted by molar-refractivity contribution is -0.760. The highest BCUT2D eigenvalue weighted by Crippen LogP contribution is 2.56. The van der Waals surface area contributed by atoms with E-state index in [2.05, 4.69) is 59.4 Å². The standard InChI is InChI=1S/C29H35N2/c1-20-12-4-11-19-27(20)30-21(2)28-25-17-9-10-18-26(25)29(31(28)22(30)3,23-13-5-6-14-23)24-15-7-8-16-24/h4,9-12,17-19,23-24H,5-8,13-16H2,1-3H3/q+1/i3D3. The summed E-state index contributed by atoms with van der Waals surface area (Å²) in [5.74, 6) is 1.46. The summed E-state index contributed by atoms with van der Waals surface area (Å²) >= 11 is 0. The Labute approximate surface area is 191 Å². The predicted octanol–water partition coefficient (Wildman–Crippen LogP) is 6.79. The molecule has 0 radical (unpaired) electrons. The van der Waals surface area contributed by atoms with E-state index < -0.39 is 6.85 Å². The summed E-state index contributed by atoms with van der Waals surface area (Å²) in [5.41, 5.74) is 6.63. The highest BCUT2D eigenvalue weighted by molar-refractivity contribution is 5.69. The summed E-state index contributed by atoms with van der Waals surface area (Å²) < 4.78 is 30.9. The van der Waals surface area contributed by atoms with E-state index in [1.165, 1.54) is 62.5 Å². The lowest BCUT2D eigenvalue weighted by Crippen LogP contribution is -2.63. The van der Waals surface area contributed by atoms with Crippen LogP contribution < -0.4 is 4.57 Å². The van der Waals surface area contributed by atoms with E-state index in [1.807, 2.05) is 12.1 Å². The number of rotatable bonds is 3. The van der Waals surface area contributed by atoms with Crippen molar-refractivity contribution in [1.29, 1.82) is 0 Å². The van der Waals surface area contributed by atoms with Gasteiger partial charge in [0.05, 0.1) is 0 Å². The molecule has 160 valence electrons. The second-order valence-electron chi connectivity index (χ2n) is 10.0. The zero-order valence-electron chi connectivity index (χ0n) is 21.8. The summed E-state index contributed by atoms with van der Waals surface area (Å²) in [6.45, 7) is 1.99. The normalized spacial score (nSPS) is 22.2. The largest absolute Gasteiger partial charge is 0.259 e. The van der Waals surface area contributed by atoms with Crippen molar-refractivity contribution in [2.24, 2.45) is 11.8 Å². The third-order valence-corrected chi connectivity index (χ3v) is 8.62. The van der Waals surface area contributed by atoms with Crippen LogP contribution in [0, 0.1) is 32.5 Å². The zero-order chi connectivity index (χ0) is 23.7. The molecule has 3 aliphatic rings. The van der Waals surface area contributed by atoms with Crippen LogP contribution in [0.1, 0.15) is 78.1 Å². The summed E-state index contributed by atoms with van der Waals surface area (Å²) in [5, 5.41) is 0. The molecule has 1 aromatic heterocycles. The first kappa shape index (κ1) is 16.3. The van der Waals surface area contributed by atoms with Crippen LogP contribution in [0.2, 0.25) is 0 Å². The minimum atomic E-state index is -2.23. The Hall–Kier alpha value is -2.35. The molecule has 0 atom stereocenters. The van der Waals surface area contributed by atoms with E-state index in [0.717, 1.165) is 22.6 Å². The summed E-state index contributed by atoms with van der Waals surface area (Å²) in [6.07, 6.45) is 9.74. The first-order chi connectivity index (χ1) is 16.4. The summed E-state index contributed by atoms with van der Waals surface area (Å²) in [4.78, 5) is 0. The number of nitrogens with zero attached hydrogens (tertiary/aromatic N) is 2. The molecule has 31 heavy (non-hydrogen) atoms. The van der Waals surface area contributed by atoms with Gasteiger partial charge in [0.1, 0.15) is 11.2 Å². The second-order valence-corrected chi connectivity index (χ2v) is 10.0. The molecule has 0 spiro atoms. The molecule has 0 amide bonds. The molecule has 3 aromatic rings. The molecule has 2 nitrogen and oxygen atoms in total. The molecule has 2 fully saturated rings. The van der Waals surface area contributed by atoms with Crippen LogP contribution in [-0.2, 0) is 5.54 Å². The topological polar surface area (TPSA) is 8.81 Å². The fourth-order valence-corrected chi connectivity index (χ4v) is 7.45. The van der Waals surface area contributed by atoms with E-state index in [-0.39, 0.29) is 5.54 Å². The van der Waals surface area contributed by atoms with Crippen LogP contribution in [-0.4, -0.2) is 4.57 Å². The Morgan fingerprint density at radius 2 is 1.48 bits per heavy atom. The van der Waals surface area contributed by atoms with Crippen molar-refractivity contribution in [3.63, 3.8) is 0 Å². The molecular formula is C29H35N2+. The van der Waals surface area contributed by atoms with Crippen molar-refractivity contribution < 1.29 is 8.68 Å². The lowest BCUT2D eigenvalue weighted by atomic mass is 9.68. The van der Waals surface area contributed by atoms with Gasteiger partial charge in [-0.25, -0.2) is 4.57 Å². The summed E-state index contributed by atoms with van der Waals surface area (Å²) in [6, 6.07) is 17.1. The Morgan fingerprint density at radius 3 is 2.13 bits per heavy atom. The molecular weight excluding hydrogens is 376 g/mol. The van der Waals surface area contributed by atoms with Crippen molar-refractivity contribution in [1.82, 2.24) is 4.57 Å². The molecule has 0 N–H and O–H groups in total. The Bertz CT molecular complexity index is 1220. The van der Waals surface area contributed by atoms with Gasteiger partial charge in [0.15, 0.2) is 11.4 Å². The predicted molar refractivity (Wildman–Crippen MR) is 127 cm³/mol. The molecule has 0 bridgehead atoms. The van der Waals surface area contributed by atoms with Crippen molar-refractivity contribution in [3.05, 3.63) is 71.2 Å². The smallest absolute Gasteiger partial charge is 0.217 e. The van der Waals surface area contributed by atoms with E-state index in [0.29, 0.717) is 17.7 Å². The number of fused-ring (bicyclic) bond motifs is 3. The van der Waals surface area contributed by atoms with E-state index in [9.17, 15) is 0 Å². The van der Waals surface area contributed by atoms with E-state index in [1.54, 1.807) is 0 Å². The third-order valence-electron chi connectivity index (χ3n) is 8.62. The van der Waals surface area contributed by atoms with Gasteiger partial charge in [0, 0.05) is 40.9 Å². The van der Waals surface area contributed by atoms with Crippen LogP contribution in [0.25, 0.3) is 16.9 Å². The molecule has 2 heterocycles. The summed E-state index contributed by atoms with van der Waals surface area (Å²) in [7, 11) is 0. The second kappa shape index (κ2) is 7.08. The minimum absolute atomic E-state index is 0.263. The van der Waals surface area contributed by atoms with E-state index in [4.69, 9.17) is 4.11 Å². The molecule has 6 rings (SSSR count). The van der Waals surface area contributed by atoms with Crippen LogP contribution in [0.3, 0.4) is 0 Å². The van der Waals surface area contributed by atoms with Gasteiger partial charge < -0.3 is 0 Å². The lowest BCUT2D eigenvalue weighted by Gasteiger charge is -2.40. The van der Waals surface area contributed by atoms with Gasteiger partial charge in [-0.15, -0.1) is 0 Å². The number of aryl methyl sites for hydroxylation is 1. The zero-order valence-corrected chi connectivity index (χ0v) is 18.8. The molecule has 2 heteroatoms. The van der Waals surface area contributed by atoms with Gasteiger partial charge in [-0.1, -0.05) is 68.1 Å². The highest BCUT2D eigenvalue weighted by Gasteiger charge is 2.60. The van der Waals surface area contributed by atoms with E-state index >= 15 is 0 Å². The highest BCUT2D eigenvalue weighted by atomic mass is 15.2. The van der Waals surface area contributed by atoms with Gasteiger partial charge in [-0.05, 0) is 44.2 Å². The van der Waals surface area contributed by atoms with Crippen LogP contribution in [0.15, 0.2) is 48.5 Å². The number of hydrogen-bond donors (Lipinski definition) is 0. The maximum absolute atomic E-state index is 8.83. The average Bonchev–Trinajstić information content (AvgIpc) is 3.59. The van der Waals surface area contributed by atoms with Crippen molar-refractivity contribution in [3.8, 4) is 16.9 Å². The quantitative estimate of drug-likeness (QED) is 0.417. The van der Waals surface area contributed by atoms with Gasteiger partial charge in [0.25, 0.3) is 5.82 Å². The molecule has 2 aliphatic carbocycles. The van der Waals surface area contributed by atoms with Crippen LogP contribution >= 0.6 is 0 Å². The molecule has 0 unspecified atom stereocenters. The molecule has 2 saturated carbocycles. The number of benzene rings is 2. The van der Waals surface area contributed by atoms with Crippen molar-refractivity contribution in [2.45, 2.75) is 77.6 Å². The SMILES string of the molecule is [2H]C([2H])([2H])c1n(-c2ccccc2C)c(C)c2[n+]1C(C1CCCC1)(C1CCCC1)c1ccccc1-2. The minimum Gasteiger partial charge on any atom is -0.217 e. The number of para-hydroxylation sites is 1. The average molecular weight is 415 g/mol. The van der Waals surface area contributed by atoms with Gasteiger partial charge in [-0.2, -0.15) is 4.57 Å². The molecule has 0 saturated heterocycles. The van der Waals surface area contributed by atoms with Crippen LogP contribution in [0.5, 0.6) is 0 Å². The van der Waals surface area contributed by atoms with Gasteiger partial charge in [-0.3, -0.25) is 0 Å². The molecule has 1 aliphatic heterocycles. The fraction of sp³-hybridized carbons (Fsp3) is 0.483. The number of imidazole rings is 1. The fourth-order valence-electron chi connectivity index (χ4n) is 7.45. The Balaban J connectivity index is 1.78. The van der Waals surface area contributed by atoms with Crippen LogP contribution in [0.4, 0.5) is 0 Å². The Morgan fingerprint density at radius 1 is 0.871 bits per heavy atom. The van der Waals surface area contributed by atoms with Gasteiger partial charge in [0.2, 0.25) is 0 Å². The van der Waals surface area contributed by atoms with Crippen molar-refractivity contribution >= 4 is 0 Å². The first-order valence-electron chi connectivity index (χ1n) is 13.7. The Kier molecular flexibility index (Phi) is 3.73.